The zero-order valence-corrected chi connectivity index (χ0v) is 8.62. The highest BCUT2D eigenvalue weighted by Crippen LogP contribution is 2.22. The summed E-state index contributed by atoms with van der Waals surface area (Å²) in [5.41, 5.74) is 0. The normalized spacial score (nSPS) is 19.2. The van der Waals surface area contributed by atoms with Gasteiger partial charge in [0.2, 0.25) is 5.91 Å². The van der Waals surface area contributed by atoms with Gasteiger partial charge in [0, 0.05) is 19.2 Å². The molecule has 0 aromatic heterocycles. The first-order valence-electron chi connectivity index (χ1n) is 5.17. The molecular weight excluding hydrogens is 162 g/mol. The third kappa shape index (κ3) is 2.87. The fourth-order valence-corrected chi connectivity index (χ4v) is 2.00. The molecule has 1 aliphatic carbocycles. The summed E-state index contributed by atoms with van der Waals surface area (Å²) in [5.74, 6) is 0.171. The van der Waals surface area contributed by atoms with Crippen molar-refractivity contribution in [3.63, 3.8) is 0 Å². The Bertz CT molecular complexity index is 192. The summed E-state index contributed by atoms with van der Waals surface area (Å²) in [6.45, 7) is 3.60. The lowest BCUT2D eigenvalue weighted by Crippen LogP contribution is -2.35. The minimum Gasteiger partial charge on any atom is -0.317 e. The highest BCUT2D eigenvalue weighted by Gasteiger charge is 2.20. The molecule has 0 atom stereocenters. The van der Waals surface area contributed by atoms with E-state index < -0.39 is 0 Å². The molecule has 0 aromatic carbocycles. The summed E-state index contributed by atoms with van der Waals surface area (Å²) >= 11 is 0. The molecule has 0 bridgehead atoms. The fourth-order valence-electron chi connectivity index (χ4n) is 2.00. The van der Waals surface area contributed by atoms with E-state index in [1.807, 2.05) is 24.1 Å². The van der Waals surface area contributed by atoms with Crippen LogP contribution in [-0.4, -0.2) is 16.8 Å². The first-order chi connectivity index (χ1) is 6.25. The van der Waals surface area contributed by atoms with Crippen LogP contribution in [0, 0.1) is 0 Å². The molecule has 0 N–H and O–H groups in total. The number of nitrogens with zero attached hydrogens (tertiary/aromatic N) is 1. The topological polar surface area (TPSA) is 20.3 Å². The van der Waals surface area contributed by atoms with Crippen LogP contribution in [0.4, 0.5) is 0 Å². The predicted molar refractivity (Wildman–Crippen MR) is 54.2 cm³/mol. The third-order valence-electron chi connectivity index (χ3n) is 2.64. The summed E-state index contributed by atoms with van der Waals surface area (Å²) in [6, 6.07) is 0.461. The van der Waals surface area contributed by atoms with Crippen LogP contribution in [0.3, 0.4) is 0 Å². The maximum Gasteiger partial charge on any atom is 0.223 e. The second-order valence-corrected chi connectivity index (χ2v) is 3.70. The third-order valence-corrected chi connectivity index (χ3v) is 2.64. The molecule has 2 heteroatoms. The molecule has 74 valence electrons. The number of hydrogen-bond acceptors (Lipinski definition) is 1. The molecule has 0 spiro atoms. The minimum absolute atomic E-state index is 0.171. The maximum atomic E-state index is 11.3. The molecule has 1 aliphatic rings. The average molecular weight is 181 g/mol. The number of rotatable bonds is 2. The van der Waals surface area contributed by atoms with Gasteiger partial charge in [-0.3, -0.25) is 4.79 Å². The van der Waals surface area contributed by atoms with Gasteiger partial charge in [0.1, 0.15) is 0 Å². The Morgan fingerprint density at radius 2 is 1.92 bits per heavy atom. The molecule has 0 saturated heterocycles. The van der Waals surface area contributed by atoms with Crippen molar-refractivity contribution in [3.8, 4) is 0 Å². The summed E-state index contributed by atoms with van der Waals surface area (Å²) in [6.07, 6.45) is 10.1. The lowest BCUT2D eigenvalue weighted by Gasteiger charge is -2.30. The van der Waals surface area contributed by atoms with Gasteiger partial charge in [-0.05, 0) is 19.8 Å². The summed E-state index contributed by atoms with van der Waals surface area (Å²) < 4.78 is 0. The number of carbonyl (C=O) groups is 1. The van der Waals surface area contributed by atoms with Gasteiger partial charge in [-0.2, -0.15) is 0 Å². The predicted octanol–water partition coefficient (Wildman–Crippen LogP) is 2.70. The van der Waals surface area contributed by atoms with Crippen molar-refractivity contribution in [1.82, 2.24) is 4.90 Å². The van der Waals surface area contributed by atoms with Crippen molar-refractivity contribution < 1.29 is 4.79 Å². The van der Waals surface area contributed by atoms with Crippen LogP contribution in [-0.2, 0) is 4.79 Å². The van der Waals surface area contributed by atoms with Gasteiger partial charge in [0.25, 0.3) is 0 Å². The largest absolute Gasteiger partial charge is 0.317 e. The highest BCUT2D eigenvalue weighted by molar-refractivity contribution is 5.74. The van der Waals surface area contributed by atoms with Gasteiger partial charge in [0.05, 0.1) is 0 Å². The average Bonchev–Trinajstić information content (AvgIpc) is 2.15. The second kappa shape index (κ2) is 5.05. The van der Waals surface area contributed by atoms with Gasteiger partial charge in [-0.15, -0.1) is 0 Å². The Morgan fingerprint density at radius 3 is 2.38 bits per heavy atom. The minimum atomic E-state index is 0.171. The van der Waals surface area contributed by atoms with Crippen molar-refractivity contribution in [1.29, 1.82) is 0 Å². The molecule has 0 aromatic rings. The van der Waals surface area contributed by atoms with Crippen LogP contribution >= 0.6 is 0 Å². The molecule has 1 saturated carbocycles. The first kappa shape index (κ1) is 10.3. The molecule has 0 radical (unpaired) electrons. The zero-order valence-electron chi connectivity index (χ0n) is 8.62. The van der Waals surface area contributed by atoms with Crippen LogP contribution in [0.5, 0.6) is 0 Å². The van der Waals surface area contributed by atoms with Crippen LogP contribution in [0.15, 0.2) is 12.3 Å². The lowest BCUT2D eigenvalue weighted by atomic mass is 9.94. The lowest BCUT2D eigenvalue weighted by molar-refractivity contribution is -0.128. The summed E-state index contributed by atoms with van der Waals surface area (Å²) in [5, 5.41) is 0. The van der Waals surface area contributed by atoms with E-state index in [0.29, 0.717) is 6.04 Å². The zero-order chi connectivity index (χ0) is 9.68. The standard InChI is InChI=1S/C11H19NO/c1-3-9-12(10(2)13)11-7-5-4-6-8-11/h3,9,11H,4-8H2,1-2H3/b9-3-. The smallest absolute Gasteiger partial charge is 0.223 e. The fraction of sp³-hybridized carbons (Fsp3) is 0.727. The monoisotopic (exact) mass is 181 g/mol. The number of hydrogen-bond donors (Lipinski definition) is 0. The van der Waals surface area contributed by atoms with E-state index in [1.54, 1.807) is 6.92 Å². The Balaban J connectivity index is 2.56. The molecule has 1 rings (SSSR count). The molecular formula is C11H19NO. The molecule has 0 aliphatic heterocycles. The van der Waals surface area contributed by atoms with Crippen LogP contribution in [0.25, 0.3) is 0 Å². The van der Waals surface area contributed by atoms with Crippen molar-refractivity contribution in [2.75, 3.05) is 0 Å². The molecule has 13 heavy (non-hydrogen) atoms. The van der Waals surface area contributed by atoms with E-state index in [1.165, 1.54) is 32.1 Å². The van der Waals surface area contributed by atoms with E-state index in [4.69, 9.17) is 0 Å². The Hall–Kier alpha value is -0.790. The van der Waals surface area contributed by atoms with E-state index >= 15 is 0 Å². The Morgan fingerprint density at radius 1 is 1.31 bits per heavy atom. The molecule has 2 nitrogen and oxygen atoms in total. The van der Waals surface area contributed by atoms with Gasteiger partial charge in [-0.25, -0.2) is 0 Å². The van der Waals surface area contributed by atoms with E-state index in [0.717, 1.165) is 0 Å². The molecule has 1 amide bonds. The maximum absolute atomic E-state index is 11.3. The highest BCUT2D eigenvalue weighted by atomic mass is 16.2. The van der Waals surface area contributed by atoms with Crippen molar-refractivity contribution >= 4 is 5.91 Å². The molecule has 0 heterocycles. The first-order valence-corrected chi connectivity index (χ1v) is 5.17. The van der Waals surface area contributed by atoms with Gasteiger partial charge in [-0.1, -0.05) is 25.3 Å². The van der Waals surface area contributed by atoms with Crippen LogP contribution < -0.4 is 0 Å². The quantitative estimate of drug-likeness (QED) is 0.641. The van der Waals surface area contributed by atoms with Gasteiger partial charge >= 0.3 is 0 Å². The van der Waals surface area contributed by atoms with Crippen molar-refractivity contribution in [2.45, 2.75) is 52.0 Å². The summed E-state index contributed by atoms with van der Waals surface area (Å²) in [4.78, 5) is 13.2. The number of carbonyl (C=O) groups excluding carboxylic acids is 1. The van der Waals surface area contributed by atoms with E-state index in [9.17, 15) is 4.79 Å². The van der Waals surface area contributed by atoms with Gasteiger partial charge in [0.15, 0.2) is 0 Å². The Kier molecular flexibility index (Phi) is 4.00. The van der Waals surface area contributed by atoms with Gasteiger partial charge < -0.3 is 4.90 Å². The Labute approximate surface area is 80.6 Å². The van der Waals surface area contributed by atoms with Crippen molar-refractivity contribution in [2.24, 2.45) is 0 Å². The SMILES string of the molecule is C/C=C\N(C(C)=O)C1CCCCC1. The van der Waals surface area contributed by atoms with E-state index in [2.05, 4.69) is 0 Å². The molecule has 1 fully saturated rings. The van der Waals surface area contributed by atoms with Crippen molar-refractivity contribution in [3.05, 3.63) is 12.3 Å². The number of allylic oxidation sites excluding steroid dienone is 1. The molecule has 0 unspecified atom stereocenters. The summed E-state index contributed by atoms with van der Waals surface area (Å²) in [7, 11) is 0. The van der Waals surface area contributed by atoms with Crippen LogP contribution in [0.1, 0.15) is 46.0 Å². The van der Waals surface area contributed by atoms with Crippen LogP contribution in [0.2, 0.25) is 0 Å². The second-order valence-electron chi connectivity index (χ2n) is 3.70. The van der Waals surface area contributed by atoms with E-state index in [-0.39, 0.29) is 5.91 Å². The number of amides is 1.